The topological polar surface area (TPSA) is 57.7 Å². The maximum absolute atomic E-state index is 13.9. The number of benzene rings is 1. The number of hydrogen-bond acceptors (Lipinski definition) is 3. The zero-order valence-corrected chi connectivity index (χ0v) is 14.1. The predicted molar refractivity (Wildman–Crippen MR) is 85.6 cm³/mol. The van der Waals surface area contributed by atoms with E-state index in [1.54, 1.807) is 0 Å². The van der Waals surface area contributed by atoms with Crippen LogP contribution in [0.3, 0.4) is 0 Å². The number of amides is 4. The lowest BCUT2D eigenvalue weighted by atomic mass is 9.85. The molecular weight excluding hydrogens is 335 g/mol. The number of rotatable bonds is 3. The number of hydrogen-bond donors (Lipinski definition) is 0. The highest BCUT2D eigenvalue weighted by molar-refractivity contribution is 6.44. The molecule has 1 aromatic carbocycles. The predicted octanol–water partition coefficient (Wildman–Crippen LogP) is 3.35. The van der Waals surface area contributed by atoms with E-state index in [1.807, 2.05) is 6.92 Å². The van der Waals surface area contributed by atoms with E-state index in [9.17, 15) is 18.8 Å². The van der Waals surface area contributed by atoms with E-state index in [4.69, 9.17) is 11.6 Å². The van der Waals surface area contributed by atoms with Gasteiger partial charge in [-0.05, 0) is 30.9 Å². The molecule has 1 aliphatic carbocycles. The van der Waals surface area contributed by atoms with E-state index in [0.717, 1.165) is 29.1 Å². The van der Waals surface area contributed by atoms with Crippen LogP contribution in [0.2, 0.25) is 5.02 Å². The maximum atomic E-state index is 13.9. The van der Waals surface area contributed by atoms with Gasteiger partial charge in [-0.3, -0.25) is 19.4 Å². The van der Waals surface area contributed by atoms with Gasteiger partial charge < -0.3 is 0 Å². The summed E-state index contributed by atoms with van der Waals surface area (Å²) in [6.45, 7) is 1.64. The van der Waals surface area contributed by atoms with Crippen molar-refractivity contribution in [2.45, 2.75) is 45.2 Å². The molecule has 0 radical (unpaired) electrons. The Labute approximate surface area is 144 Å². The average Bonchev–Trinajstić information content (AvgIpc) is 2.75. The van der Waals surface area contributed by atoms with E-state index in [2.05, 4.69) is 0 Å². The minimum atomic E-state index is -0.919. The van der Waals surface area contributed by atoms with Gasteiger partial charge in [0.1, 0.15) is 5.82 Å². The van der Waals surface area contributed by atoms with Gasteiger partial charge in [0.15, 0.2) is 0 Å². The van der Waals surface area contributed by atoms with Gasteiger partial charge in [0.2, 0.25) is 0 Å². The van der Waals surface area contributed by atoms with Crippen LogP contribution in [0.1, 0.15) is 38.2 Å². The van der Waals surface area contributed by atoms with Crippen LogP contribution in [0.5, 0.6) is 0 Å². The van der Waals surface area contributed by atoms with Crippen LogP contribution in [0.4, 0.5) is 9.18 Å². The highest BCUT2D eigenvalue weighted by Gasteiger charge is 2.49. The van der Waals surface area contributed by atoms with Crippen molar-refractivity contribution in [3.8, 4) is 0 Å². The molecule has 0 N–H and O–H groups in total. The second-order valence-electron chi connectivity index (χ2n) is 6.38. The second kappa shape index (κ2) is 6.51. The summed E-state index contributed by atoms with van der Waals surface area (Å²) in [4.78, 5) is 39.1. The van der Waals surface area contributed by atoms with Gasteiger partial charge in [-0.1, -0.05) is 37.4 Å². The minimum absolute atomic E-state index is 0.0345. The number of imide groups is 2. The Balaban J connectivity index is 1.87. The first-order chi connectivity index (χ1) is 11.4. The van der Waals surface area contributed by atoms with E-state index >= 15 is 0 Å². The van der Waals surface area contributed by atoms with Crippen LogP contribution in [0, 0.1) is 11.7 Å². The Bertz CT molecular complexity index is 689. The first-order valence-corrected chi connectivity index (χ1v) is 8.41. The van der Waals surface area contributed by atoms with Crippen molar-refractivity contribution in [1.82, 2.24) is 9.80 Å². The largest absolute Gasteiger partial charge is 0.334 e. The van der Waals surface area contributed by atoms with Crippen LogP contribution in [-0.4, -0.2) is 33.7 Å². The normalized spacial score (nSPS) is 24.9. The zero-order chi connectivity index (χ0) is 17.4. The van der Waals surface area contributed by atoms with Crippen molar-refractivity contribution in [2.24, 2.45) is 5.92 Å². The van der Waals surface area contributed by atoms with Crippen molar-refractivity contribution < 1.29 is 18.8 Å². The summed E-state index contributed by atoms with van der Waals surface area (Å²) in [5, 5.41) is 0.118. The van der Waals surface area contributed by atoms with Gasteiger partial charge in [0, 0.05) is 16.6 Å². The second-order valence-corrected chi connectivity index (χ2v) is 6.79. The summed E-state index contributed by atoms with van der Waals surface area (Å²) in [7, 11) is 0. The third kappa shape index (κ3) is 2.79. The quantitative estimate of drug-likeness (QED) is 0.619. The van der Waals surface area contributed by atoms with Crippen molar-refractivity contribution in [1.29, 1.82) is 0 Å². The smallest absolute Gasteiger partial charge is 0.263 e. The fourth-order valence-electron chi connectivity index (χ4n) is 3.48. The maximum Gasteiger partial charge on any atom is 0.334 e. The lowest BCUT2D eigenvalue weighted by molar-refractivity contribution is -0.144. The molecule has 2 fully saturated rings. The summed E-state index contributed by atoms with van der Waals surface area (Å²) in [6.07, 6.45) is 3.57. The molecular formula is C17H18ClFN2O3. The van der Waals surface area contributed by atoms with Gasteiger partial charge in [-0.25, -0.2) is 9.18 Å². The van der Waals surface area contributed by atoms with E-state index in [1.165, 1.54) is 18.2 Å². The molecule has 1 aliphatic heterocycles. The first kappa shape index (κ1) is 16.9. The lowest BCUT2D eigenvalue weighted by Gasteiger charge is -2.34. The summed E-state index contributed by atoms with van der Waals surface area (Å²) in [6, 6.07) is 3.17. The minimum Gasteiger partial charge on any atom is -0.263 e. The molecule has 0 spiro atoms. The van der Waals surface area contributed by atoms with Crippen LogP contribution < -0.4 is 0 Å². The van der Waals surface area contributed by atoms with Gasteiger partial charge in [0.05, 0.1) is 6.54 Å². The molecule has 0 aromatic heterocycles. The third-order valence-corrected chi connectivity index (χ3v) is 5.21. The van der Waals surface area contributed by atoms with Crippen molar-refractivity contribution in [2.75, 3.05) is 0 Å². The molecule has 0 unspecified atom stereocenters. The molecule has 0 bridgehead atoms. The Morgan fingerprint density at radius 2 is 1.88 bits per heavy atom. The Morgan fingerprint density at radius 3 is 2.54 bits per heavy atom. The standard InChI is InChI=1S/C17H18ClFN2O3/c1-10-5-2-3-8-14(10)21-16(23)15(22)20(17(21)24)9-11-12(18)6-4-7-13(11)19/h4,6-7,10,14H,2-3,5,8-9H2,1H3/t10-,14+/m1/s1. The highest BCUT2D eigenvalue weighted by atomic mass is 35.5. The fraction of sp³-hybridized carbons (Fsp3) is 0.471. The van der Waals surface area contributed by atoms with E-state index in [0.29, 0.717) is 6.42 Å². The van der Waals surface area contributed by atoms with Crippen molar-refractivity contribution >= 4 is 29.4 Å². The monoisotopic (exact) mass is 352 g/mol. The number of carbonyl (C=O) groups is 3. The Hall–Kier alpha value is -1.95. The molecule has 24 heavy (non-hydrogen) atoms. The summed E-state index contributed by atoms with van der Waals surface area (Å²) < 4.78 is 13.9. The van der Waals surface area contributed by atoms with Gasteiger partial charge in [0.25, 0.3) is 0 Å². The molecule has 1 heterocycles. The van der Waals surface area contributed by atoms with Gasteiger partial charge >= 0.3 is 17.8 Å². The van der Waals surface area contributed by atoms with Crippen LogP contribution in [0.25, 0.3) is 0 Å². The van der Waals surface area contributed by atoms with Crippen LogP contribution in [0.15, 0.2) is 18.2 Å². The Morgan fingerprint density at radius 1 is 1.17 bits per heavy atom. The number of carbonyl (C=O) groups excluding carboxylic acids is 3. The van der Waals surface area contributed by atoms with Crippen molar-refractivity contribution in [3.63, 3.8) is 0 Å². The SMILES string of the molecule is C[C@@H]1CCCC[C@@H]1N1C(=O)C(=O)N(Cc2c(F)cccc2Cl)C1=O. The fourth-order valence-corrected chi connectivity index (χ4v) is 3.70. The summed E-state index contributed by atoms with van der Waals surface area (Å²) in [5.74, 6) is -2.21. The molecule has 128 valence electrons. The molecule has 1 saturated carbocycles. The molecule has 2 atom stereocenters. The molecule has 2 aliphatic rings. The zero-order valence-electron chi connectivity index (χ0n) is 13.3. The lowest BCUT2D eigenvalue weighted by Crippen LogP contribution is -2.46. The summed E-state index contributed by atoms with van der Waals surface area (Å²) in [5.41, 5.74) is 0.0345. The molecule has 3 rings (SSSR count). The third-order valence-electron chi connectivity index (χ3n) is 4.86. The summed E-state index contributed by atoms with van der Waals surface area (Å²) >= 11 is 5.96. The average molecular weight is 353 g/mol. The van der Waals surface area contributed by atoms with Crippen LogP contribution >= 0.6 is 11.6 Å². The molecule has 5 nitrogen and oxygen atoms in total. The number of urea groups is 1. The molecule has 7 heteroatoms. The molecule has 1 aromatic rings. The molecule has 1 saturated heterocycles. The molecule has 4 amide bonds. The van der Waals surface area contributed by atoms with Gasteiger partial charge in [-0.15, -0.1) is 0 Å². The van der Waals surface area contributed by atoms with E-state index < -0.39 is 23.7 Å². The van der Waals surface area contributed by atoms with Gasteiger partial charge in [-0.2, -0.15) is 0 Å². The first-order valence-electron chi connectivity index (χ1n) is 8.03. The number of halogens is 2. The highest BCUT2D eigenvalue weighted by Crippen LogP contribution is 2.32. The number of nitrogens with zero attached hydrogens (tertiary/aromatic N) is 2. The Kier molecular flexibility index (Phi) is 4.58. The van der Waals surface area contributed by atoms with E-state index in [-0.39, 0.29) is 29.1 Å². The van der Waals surface area contributed by atoms with Crippen molar-refractivity contribution in [3.05, 3.63) is 34.6 Å². The van der Waals surface area contributed by atoms with Crippen LogP contribution in [-0.2, 0) is 16.1 Å².